The summed E-state index contributed by atoms with van der Waals surface area (Å²) in [6, 6.07) is 7.30. The molecular weight excluding hydrogens is 338 g/mol. The third-order valence-corrected chi connectivity index (χ3v) is 4.79. The number of fused-ring (bicyclic) bond motifs is 1. The molecule has 25 heavy (non-hydrogen) atoms. The van der Waals surface area contributed by atoms with Gasteiger partial charge >= 0.3 is 0 Å². The van der Waals surface area contributed by atoms with E-state index < -0.39 is 0 Å². The molecule has 1 aromatic heterocycles. The average Bonchev–Trinajstić information content (AvgIpc) is 2.61. The second-order valence-corrected chi connectivity index (χ2v) is 6.88. The van der Waals surface area contributed by atoms with Crippen LogP contribution in [0.1, 0.15) is 27.2 Å². The van der Waals surface area contributed by atoms with Gasteiger partial charge in [0.15, 0.2) is 5.16 Å². The van der Waals surface area contributed by atoms with Crippen molar-refractivity contribution in [1.29, 1.82) is 0 Å². The highest BCUT2D eigenvalue weighted by atomic mass is 32.2. The fourth-order valence-corrected chi connectivity index (χ4v) is 3.39. The fourth-order valence-electron chi connectivity index (χ4n) is 2.43. The zero-order valence-electron chi connectivity index (χ0n) is 14.9. The monoisotopic (exact) mass is 363 g/mol. The van der Waals surface area contributed by atoms with Gasteiger partial charge in [-0.05, 0) is 39.3 Å². The average molecular weight is 363 g/mol. The molecule has 1 atom stereocenters. The number of hydrogen-bond acceptors (Lipinski definition) is 5. The van der Waals surface area contributed by atoms with E-state index in [2.05, 4.69) is 10.3 Å². The van der Waals surface area contributed by atoms with Crippen LogP contribution in [0.4, 0.5) is 0 Å². The molecule has 2 rings (SSSR count). The van der Waals surface area contributed by atoms with Gasteiger partial charge in [0.05, 0.1) is 16.2 Å². The Kier molecular flexibility index (Phi) is 7.46. The Balaban J connectivity index is 2.34. The maximum Gasteiger partial charge on any atom is 0.262 e. The number of carbonyl (C=O) groups excluding carboxylic acids is 1. The zero-order chi connectivity index (χ0) is 18.2. The number of aromatic nitrogens is 2. The molecular formula is C18H25N3O3S. The SMILES string of the molecule is CCNC(=O)[C@H](C)Sc1nc2ccccc2c(=O)n1CCCOCC. The number of nitrogens with zero attached hydrogens (tertiary/aromatic N) is 2. The smallest absolute Gasteiger partial charge is 0.262 e. The summed E-state index contributed by atoms with van der Waals surface area (Å²) in [7, 11) is 0. The molecule has 0 bridgehead atoms. The van der Waals surface area contributed by atoms with Crippen LogP contribution >= 0.6 is 11.8 Å². The Hall–Kier alpha value is -1.86. The second kappa shape index (κ2) is 9.58. The van der Waals surface area contributed by atoms with Crippen LogP contribution in [-0.4, -0.2) is 40.5 Å². The van der Waals surface area contributed by atoms with Gasteiger partial charge in [-0.3, -0.25) is 14.2 Å². The van der Waals surface area contributed by atoms with Crippen LogP contribution in [0.5, 0.6) is 0 Å². The first-order valence-electron chi connectivity index (χ1n) is 8.60. The van der Waals surface area contributed by atoms with Crippen molar-refractivity contribution >= 4 is 28.6 Å². The Morgan fingerprint density at radius 2 is 2.12 bits per heavy atom. The first-order valence-corrected chi connectivity index (χ1v) is 9.48. The number of rotatable bonds is 9. The van der Waals surface area contributed by atoms with Crippen molar-refractivity contribution in [3.63, 3.8) is 0 Å². The summed E-state index contributed by atoms with van der Waals surface area (Å²) in [5, 5.41) is 3.63. The molecule has 136 valence electrons. The summed E-state index contributed by atoms with van der Waals surface area (Å²) in [6.45, 7) is 7.98. The first kappa shape index (κ1) is 19.5. The number of nitrogens with one attached hydrogen (secondary N) is 1. The van der Waals surface area contributed by atoms with E-state index in [0.717, 1.165) is 6.42 Å². The lowest BCUT2D eigenvalue weighted by molar-refractivity contribution is -0.120. The fraction of sp³-hybridized carbons (Fsp3) is 0.500. The van der Waals surface area contributed by atoms with E-state index in [1.54, 1.807) is 10.6 Å². The van der Waals surface area contributed by atoms with Crippen LogP contribution in [0.25, 0.3) is 10.9 Å². The van der Waals surface area contributed by atoms with Crippen LogP contribution < -0.4 is 10.9 Å². The summed E-state index contributed by atoms with van der Waals surface area (Å²) in [5.74, 6) is -0.0595. The van der Waals surface area contributed by atoms with Crippen molar-refractivity contribution in [3.05, 3.63) is 34.6 Å². The molecule has 1 heterocycles. The molecule has 2 aromatic rings. The highest BCUT2D eigenvalue weighted by molar-refractivity contribution is 8.00. The standard InChI is InChI=1S/C18H25N3O3S/c1-4-19-16(22)13(3)25-18-20-15-10-7-6-9-14(15)17(23)21(18)11-8-12-24-5-2/h6-7,9-10,13H,4-5,8,11-12H2,1-3H3,(H,19,22)/t13-/m0/s1. The Labute approximate surface area is 152 Å². The Bertz CT molecular complexity index is 776. The van der Waals surface area contributed by atoms with E-state index >= 15 is 0 Å². The molecule has 7 heteroatoms. The Morgan fingerprint density at radius 1 is 1.36 bits per heavy atom. The summed E-state index contributed by atoms with van der Waals surface area (Å²) in [4.78, 5) is 29.5. The van der Waals surface area contributed by atoms with E-state index in [1.807, 2.05) is 39.0 Å². The summed E-state index contributed by atoms with van der Waals surface area (Å²) in [5.41, 5.74) is 0.576. The van der Waals surface area contributed by atoms with E-state index in [1.165, 1.54) is 11.8 Å². The zero-order valence-corrected chi connectivity index (χ0v) is 15.8. The molecule has 0 saturated heterocycles. The van der Waals surface area contributed by atoms with Crippen LogP contribution in [0, 0.1) is 0 Å². The van der Waals surface area contributed by atoms with Gasteiger partial charge in [-0.1, -0.05) is 23.9 Å². The lowest BCUT2D eigenvalue weighted by Crippen LogP contribution is -2.32. The molecule has 0 aliphatic rings. The number of ether oxygens (including phenoxy) is 1. The quantitative estimate of drug-likeness (QED) is 0.421. The van der Waals surface area contributed by atoms with Crippen LogP contribution in [-0.2, 0) is 16.1 Å². The second-order valence-electron chi connectivity index (χ2n) is 5.57. The largest absolute Gasteiger partial charge is 0.382 e. The molecule has 0 fully saturated rings. The number of amides is 1. The van der Waals surface area contributed by atoms with Gasteiger partial charge in [0.2, 0.25) is 5.91 Å². The molecule has 0 aliphatic heterocycles. The maximum absolute atomic E-state index is 12.9. The van der Waals surface area contributed by atoms with Crippen molar-refractivity contribution in [1.82, 2.24) is 14.9 Å². The van der Waals surface area contributed by atoms with Crippen molar-refractivity contribution in [2.75, 3.05) is 19.8 Å². The number of thioether (sulfide) groups is 1. The number of hydrogen-bond donors (Lipinski definition) is 1. The minimum absolute atomic E-state index is 0.0595. The number of para-hydroxylation sites is 1. The molecule has 1 N–H and O–H groups in total. The van der Waals surface area contributed by atoms with Crippen molar-refractivity contribution in [2.24, 2.45) is 0 Å². The molecule has 0 unspecified atom stereocenters. The van der Waals surface area contributed by atoms with Crippen LogP contribution in [0.2, 0.25) is 0 Å². The molecule has 0 aliphatic carbocycles. The van der Waals surface area contributed by atoms with Gasteiger partial charge in [0.1, 0.15) is 0 Å². The first-order chi connectivity index (χ1) is 12.1. The summed E-state index contributed by atoms with van der Waals surface area (Å²) >= 11 is 1.31. The molecule has 0 saturated carbocycles. The third kappa shape index (κ3) is 5.06. The summed E-state index contributed by atoms with van der Waals surface area (Å²) < 4.78 is 7.02. The highest BCUT2D eigenvalue weighted by Crippen LogP contribution is 2.22. The van der Waals surface area contributed by atoms with E-state index in [9.17, 15) is 9.59 Å². The molecule has 0 spiro atoms. The third-order valence-electron chi connectivity index (χ3n) is 3.70. The Morgan fingerprint density at radius 3 is 2.84 bits per heavy atom. The van der Waals surface area contributed by atoms with Gasteiger partial charge in [-0.25, -0.2) is 4.98 Å². The lowest BCUT2D eigenvalue weighted by atomic mass is 10.2. The molecule has 0 radical (unpaired) electrons. The molecule has 1 aromatic carbocycles. The van der Waals surface area contributed by atoms with E-state index in [4.69, 9.17) is 4.74 Å². The summed E-state index contributed by atoms with van der Waals surface area (Å²) in [6.07, 6.45) is 0.719. The predicted octanol–water partition coefficient (Wildman–Crippen LogP) is 2.44. The number of benzene rings is 1. The van der Waals surface area contributed by atoms with Gasteiger partial charge in [0.25, 0.3) is 5.56 Å². The minimum Gasteiger partial charge on any atom is -0.382 e. The van der Waals surface area contributed by atoms with Crippen molar-refractivity contribution in [3.8, 4) is 0 Å². The van der Waals surface area contributed by atoms with Gasteiger partial charge in [0, 0.05) is 26.3 Å². The predicted molar refractivity (Wildman–Crippen MR) is 101 cm³/mol. The van der Waals surface area contributed by atoms with Crippen molar-refractivity contribution in [2.45, 2.75) is 44.1 Å². The van der Waals surface area contributed by atoms with Crippen LogP contribution in [0.15, 0.2) is 34.2 Å². The van der Waals surface area contributed by atoms with E-state index in [0.29, 0.717) is 42.4 Å². The van der Waals surface area contributed by atoms with Crippen molar-refractivity contribution < 1.29 is 9.53 Å². The lowest BCUT2D eigenvalue weighted by Gasteiger charge is -2.16. The number of carbonyl (C=O) groups is 1. The molecule has 6 nitrogen and oxygen atoms in total. The van der Waals surface area contributed by atoms with Gasteiger partial charge < -0.3 is 10.1 Å². The van der Waals surface area contributed by atoms with Crippen LogP contribution in [0.3, 0.4) is 0 Å². The van der Waals surface area contributed by atoms with E-state index in [-0.39, 0.29) is 16.7 Å². The normalized spacial score (nSPS) is 12.3. The minimum atomic E-state index is -0.328. The van der Waals surface area contributed by atoms with Gasteiger partial charge in [-0.2, -0.15) is 0 Å². The molecule has 1 amide bonds. The highest BCUT2D eigenvalue weighted by Gasteiger charge is 2.18. The topological polar surface area (TPSA) is 73.2 Å². The maximum atomic E-state index is 12.9. The van der Waals surface area contributed by atoms with Gasteiger partial charge in [-0.15, -0.1) is 0 Å².